The van der Waals surface area contributed by atoms with Crippen LogP contribution in [0.5, 0.6) is 5.75 Å². The average Bonchev–Trinajstić information content (AvgIpc) is 3.48. The summed E-state index contributed by atoms with van der Waals surface area (Å²) in [6.45, 7) is 3.56. The van der Waals surface area contributed by atoms with Crippen LogP contribution in [-0.4, -0.2) is 35.7 Å². The molecule has 0 unspecified atom stereocenters. The van der Waals surface area contributed by atoms with E-state index >= 15 is 0 Å². The molecule has 1 fully saturated rings. The van der Waals surface area contributed by atoms with Gasteiger partial charge in [-0.05, 0) is 62.0 Å². The molecule has 4 rings (SSSR count). The van der Waals surface area contributed by atoms with Crippen molar-refractivity contribution in [3.05, 3.63) is 70.6 Å². The SMILES string of the molecule is Cc1ccccc1-n1ccc2ccc(OCCN(C)C3CC3)cc2c1=O. The molecule has 1 heterocycles. The summed E-state index contributed by atoms with van der Waals surface area (Å²) in [5.74, 6) is 0.751. The molecule has 1 aromatic heterocycles. The molecule has 0 atom stereocenters. The molecule has 3 aromatic rings. The van der Waals surface area contributed by atoms with Crippen molar-refractivity contribution in [1.82, 2.24) is 9.47 Å². The third-order valence-corrected chi connectivity index (χ3v) is 5.14. The van der Waals surface area contributed by atoms with Crippen LogP contribution in [0.1, 0.15) is 18.4 Å². The first-order chi connectivity index (χ1) is 12.6. The minimum absolute atomic E-state index is 0.0163. The van der Waals surface area contributed by atoms with Gasteiger partial charge in [-0.2, -0.15) is 0 Å². The van der Waals surface area contributed by atoms with Gasteiger partial charge in [-0.3, -0.25) is 9.36 Å². The van der Waals surface area contributed by atoms with Crippen molar-refractivity contribution < 1.29 is 4.74 Å². The Morgan fingerprint density at radius 2 is 1.96 bits per heavy atom. The van der Waals surface area contributed by atoms with Crippen LogP contribution in [0.3, 0.4) is 0 Å². The van der Waals surface area contributed by atoms with Crippen molar-refractivity contribution in [3.63, 3.8) is 0 Å². The van der Waals surface area contributed by atoms with Crippen LogP contribution >= 0.6 is 0 Å². The Morgan fingerprint density at radius 3 is 2.73 bits per heavy atom. The molecule has 0 spiro atoms. The lowest BCUT2D eigenvalue weighted by Gasteiger charge is -2.16. The van der Waals surface area contributed by atoms with Crippen LogP contribution in [0.25, 0.3) is 16.5 Å². The Balaban J connectivity index is 1.61. The molecule has 2 aromatic carbocycles. The number of hydrogen-bond acceptors (Lipinski definition) is 3. The Hall–Kier alpha value is -2.59. The van der Waals surface area contributed by atoms with Gasteiger partial charge in [0.05, 0.1) is 11.1 Å². The Kier molecular flexibility index (Phi) is 4.51. The molecule has 0 N–H and O–H groups in total. The van der Waals surface area contributed by atoms with Crippen molar-refractivity contribution in [2.75, 3.05) is 20.2 Å². The maximum atomic E-state index is 13.0. The van der Waals surface area contributed by atoms with E-state index in [0.717, 1.165) is 35.0 Å². The Bertz CT molecular complexity index is 989. The zero-order chi connectivity index (χ0) is 18.1. The van der Waals surface area contributed by atoms with Crippen LogP contribution in [0.4, 0.5) is 0 Å². The van der Waals surface area contributed by atoms with E-state index in [1.165, 1.54) is 12.8 Å². The van der Waals surface area contributed by atoms with Gasteiger partial charge in [0.15, 0.2) is 0 Å². The molecule has 1 aliphatic rings. The van der Waals surface area contributed by atoms with E-state index in [0.29, 0.717) is 12.0 Å². The monoisotopic (exact) mass is 348 g/mol. The molecular formula is C22H24N2O2. The lowest BCUT2D eigenvalue weighted by Crippen LogP contribution is -2.26. The second-order valence-corrected chi connectivity index (χ2v) is 7.09. The molecule has 0 bridgehead atoms. The van der Waals surface area contributed by atoms with Crippen molar-refractivity contribution in [1.29, 1.82) is 0 Å². The summed E-state index contributed by atoms with van der Waals surface area (Å²) in [6.07, 6.45) is 4.44. The first-order valence-corrected chi connectivity index (χ1v) is 9.18. The molecule has 0 aliphatic heterocycles. The average molecular weight is 348 g/mol. The third kappa shape index (κ3) is 3.37. The standard InChI is InChI=1S/C22H24N2O2/c1-16-5-3-4-6-21(16)24-12-11-17-7-10-19(15-20(17)22(24)25)26-14-13-23(2)18-8-9-18/h3-7,10-12,15,18H,8-9,13-14H2,1-2H3. The first-order valence-electron chi connectivity index (χ1n) is 9.18. The van der Waals surface area contributed by atoms with E-state index in [2.05, 4.69) is 11.9 Å². The summed E-state index contributed by atoms with van der Waals surface area (Å²) in [4.78, 5) is 15.4. The zero-order valence-electron chi connectivity index (χ0n) is 15.3. The minimum atomic E-state index is -0.0163. The quantitative estimate of drug-likeness (QED) is 0.680. The highest BCUT2D eigenvalue weighted by molar-refractivity contribution is 5.83. The van der Waals surface area contributed by atoms with Crippen molar-refractivity contribution in [2.45, 2.75) is 25.8 Å². The lowest BCUT2D eigenvalue weighted by molar-refractivity contribution is 0.232. The minimum Gasteiger partial charge on any atom is -0.492 e. The Morgan fingerprint density at radius 1 is 1.15 bits per heavy atom. The van der Waals surface area contributed by atoms with Crippen LogP contribution in [0.2, 0.25) is 0 Å². The highest BCUT2D eigenvalue weighted by Gasteiger charge is 2.25. The summed E-state index contributed by atoms with van der Waals surface area (Å²) in [7, 11) is 2.14. The predicted molar refractivity (Wildman–Crippen MR) is 105 cm³/mol. The van der Waals surface area contributed by atoms with Crippen molar-refractivity contribution in [3.8, 4) is 11.4 Å². The van der Waals surface area contributed by atoms with Gasteiger partial charge in [0.25, 0.3) is 5.56 Å². The summed E-state index contributed by atoms with van der Waals surface area (Å²) >= 11 is 0. The molecule has 4 heteroatoms. The number of benzene rings is 2. The number of aromatic nitrogens is 1. The summed E-state index contributed by atoms with van der Waals surface area (Å²) in [6, 6.07) is 16.4. The van der Waals surface area contributed by atoms with Gasteiger partial charge in [0, 0.05) is 18.8 Å². The first kappa shape index (κ1) is 16.9. The number of ether oxygens (including phenoxy) is 1. The highest BCUT2D eigenvalue weighted by Crippen LogP contribution is 2.25. The molecule has 1 aliphatic carbocycles. The number of fused-ring (bicyclic) bond motifs is 1. The number of pyridine rings is 1. The number of likely N-dealkylation sites (N-methyl/N-ethyl adjacent to an activating group) is 1. The fraction of sp³-hybridized carbons (Fsp3) is 0.318. The van der Waals surface area contributed by atoms with Gasteiger partial charge >= 0.3 is 0 Å². The zero-order valence-corrected chi connectivity index (χ0v) is 15.3. The number of hydrogen-bond donors (Lipinski definition) is 0. The lowest BCUT2D eigenvalue weighted by atomic mass is 10.1. The van der Waals surface area contributed by atoms with Crippen LogP contribution in [0, 0.1) is 6.92 Å². The Labute approximate surface area is 153 Å². The molecule has 1 saturated carbocycles. The number of aryl methyl sites for hydroxylation is 1. The van der Waals surface area contributed by atoms with Gasteiger partial charge in [0.1, 0.15) is 12.4 Å². The number of rotatable bonds is 6. The van der Waals surface area contributed by atoms with Crippen LogP contribution < -0.4 is 10.3 Å². The van der Waals surface area contributed by atoms with Crippen molar-refractivity contribution >= 4 is 10.8 Å². The van der Waals surface area contributed by atoms with Gasteiger partial charge < -0.3 is 9.64 Å². The van der Waals surface area contributed by atoms with E-state index in [9.17, 15) is 4.79 Å². The van der Waals surface area contributed by atoms with E-state index < -0.39 is 0 Å². The summed E-state index contributed by atoms with van der Waals surface area (Å²) in [5.41, 5.74) is 1.97. The fourth-order valence-electron chi connectivity index (χ4n) is 3.34. The van der Waals surface area contributed by atoms with Crippen molar-refractivity contribution in [2.24, 2.45) is 0 Å². The molecule has 0 amide bonds. The molecule has 26 heavy (non-hydrogen) atoms. The normalized spacial score (nSPS) is 14.1. The topological polar surface area (TPSA) is 34.5 Å². The fourth-order valence-corrected chi connectivity index (χ4v) is 3.34. The molecule has 0 saturated heterocycles. The van der Waals surface area contributed by atoms with Gasteiger partial charge in [-0.1, -0.05) is 24.3 Å². The second-order valence-electron chi connectivity index (χ2n) is 7.09. The smallest absolute Gasteiger partial charge is 0.263 e. The maximum absolute atomic E-state index is 13.0. The summed E-state index contributed by atoms with van der Waals surface area (Å²) < 4.78 is 7.61. The largest absolute Gasteiger partial charge is 0.492 e. The number of para-hydroxylation sites is 1. The van der Waals surface area contributed by atoms with Crippen LogP contribution in [-0.2, 0) is 0 Å². The van der Waals surface area contributed by atoms with E-state index in [1.807, 2.05) is 61.7 Å². The maximum Gasteiger partial charge on any atom is 0.263 e. The predicted octanol–water partition coefficient (Wildman–Crippen LogP) is 3.77. The second kappa shape index (κ2) is 6.96. The van der Waals surface area contributed by atoms with E-state index in [1.54, 1.807) is 4.57 Å². The molecule has 0 radical (unpaired) electrons. The van der Waals surface area contributed by atoms with Gasteiger partial charge in [-0.15, -0.1) is 0 Å². The summed E-state index contributed by atoms with van der Waals surface area (Å²) in [5, 5.41) is 1.62. The van der Waals surface area contributed by atoms with Gasteiger partial charge in [-0.25, -0.2) is 0 Å². The van der Waals surface area contributed by atoms with E-state index in [4.69, 9.17) is 4.74 Å². The molecule has 4 nitrogen and oxygen atoms in total. The van der Waals surface area contributed by atoms with E-state index in [-0.39, 0.29) is 5.56 Å². The molecular weight excluding hydrogens is 324 g/mol. The molecule has 134 valence electrons. The number of nitrogens with zero attached hydrogens (tertiary/aromatic N) is 2. The third-order valence-electron chi connectivity index (χ3n) is 5.14. The van der Waals surface area contributed by atoms with Gasteiger partial charge in [0.2, 0.25) is 0 Å². The van der Waals surface area contributed by atoms with Crippen LogP contribution in [0.15, 0.2) is 59.5 Å². The highest BCUT2D eigenvalue weighted by atomic mass is 16.5.